The molecule has 0 unspecified atom stereocenters. The van der Waals surface area contributed by atoms with Crippen LogP contribution in [0, 0.1) is 0 Å². The second-order valence-electron chi connectivity index (χ2n) is 3.51. The molecule has 4 nitrogen and oxygen atoms in total. The van der Waals surface area contributed by atoms with Crippen molar-refractivity contribution in [1.82, 2.24) is 0 Å². The van der Waals surface area contributed by atoms with Crippen LogP contribution in [0.15, 0.2) is 24.3 Å². The predicted octanol–water partition coefficient (Wildman–Crippen LogP) is 1.52. The second kappa shape index (κ2) is 6.63. The predicted molar refractivity (Wildman–Crippen MR) is 64.0 cm³/mol. The number of aliphatic hydroxyl groups is 1. The van der Waals surface area contributed by atoms with E-state index in [4.69, 9.17) is 10.8 Å². The lowest BCUT2D eigenvalue weighted by Gasteiger charge is -2.21. The van der Waals surface area contributed by atoms with Crippen molar-refractivity contribution >= 4 is 18.4 Å². The molecule has 1 rings (SSSR count). The van der Waals surface area contributed by atoms with Crippen LogP contribution in [0.3, 0.4) is 0 Å². The number of ether oxygens (including phenoxy) is 1. The first kappa shape index (κ1) is 16.8. The summed E-state index contributed by atoms with van der Waals surface area (Å²) in [5, 5.41) is 8.50. The molecule has 0 heterocycles. The smallest absolute Gasteiger partial charge is 0.337 e. The van der Waals surface area contributed by atoms with Crippen LogP contribution in [0.25, 0.3) is 0 Å². The largest absolute Gasteiger partial charge is 0.465 e. The third kappa shape index (κ3) is 3.63. The number of carbonyl (C=O) groups is 1. The maximum Gasteiger partial charge on any atom is 0.337 e. The highest BCUT2D eigenvalue weighted by Gasteiger charge is 2.37. The average Bonchev–Trinajstić information content (AvgIpc) is 2.37. The van der Waals surface area contributed by atoms with E-state index in [1.807, 2.05) is 0 Å². The summed E-state index contributed by atoms with van der Waals surface area (Å²) >= 11 is 0. The van der Waals surface area contributed by atoms with Crippen LogP contribution >= 0.6 is 12.4 Å². The molecule has 0 radical (unpaired) electrons. The Labute approximate surface area is 109 Å². The third-order valence-electron chi connectivity index (χ3n) is 2.36. The Bertz CT molecular complexity index is 398. The molecular formula is C11H14ClF2NO3. The zero-order chi connectivity index (χ0) is 13.1. The van der Waals surface area contributed by atoms with E-state index in [0.29, 0.717) is 0 Å². The number of esters is 1. The lowest BCUT2D eigenvalue weighted by atomic mass is 10.0. The van der Waals surface area contributed by atoms with Gasteiger partial charge in [0.15, 0.2) is 0 Å². The number of aliphatic hydroxyl groups excluding tert-OH is 1. The van der Waals surface area contributed by atoms with Crippen LogP contribution in [0.5, 0.6) is 0 Å². The molecular weight excluding hydrogens is 268 g/mol. The number of hydrogen-bond donors (Lipinski definition) is 2. The van der Waals surface area contributed by atoms with Crippen LogP contribution in [0.2, 0.25) is 0 Å². The van der Waals surface area contributed by atoms with Gasteiger partial charge in [0.2, 0.25) is 0 Å². The number of carbonyl (C=O) groups excluding carboxylic acids is 1. The van der Waals surface area contributed by atoms with Gasteiger partial charge in [-0.15, -0.1) is 12.4 Å². The Morgan fingerprint density at radius 2 is 1.94 bits per heavy atom. The van der Waals surface area contributed by atoms with E-state index in [2.05, 4.69) is 4.74 Å². The first-order valence-corrected chi connectivity index (χ1v) is 4.85. The molecule has 102 valence electrons. The van der Waals surface area contributed by atoms with Gasteiger partial charge in [0.25, 0.3) is 5.92 Å². The number of rotatable bonds is 4. The Balaban J connectivity index is 0.00000289. The van der Waals surface area contributed by atoms with Crippen molar-refractivity contribution < 1.29 is 23.4 Å². The summed E-state index contributed by atoms with van der Waals surface area (Å²) in [5.74, 6) is -3.95. The normalized spacial score (nSPS) is 12.5. The fourth-order valence-corrected chi connectivity index (χ4v) is 1.29. The number of nitrogens with two attached hydrogens (primary N) is 1. The highest BCUT2D eigenvalue weighted by Crippen LogP contribution is 2.28. The molecule has 0 fully saturated rings. The van der Waals surface area contributed by atoms with Crippen molar-refractivity contribution in [1.29, 1.82) is 0 Å². The van der Waals surface area contributed by atoms with Gasteiger partial charge in [-0.05, 0) is 17.7 Å². The van der Waals surface area contributed by atoms with Gasteiger partial charge in [-0.3, -0.25) is 0 Å². The average molecular weight is 282 g/mol. The Morgan fingerprint density at radius 1 is 1.44 bits per heavy atom. The lowest BCUT2D eigenvalue weighted by Crippen LogP contribution is -2.36. The van der Waals surface area contributed by atoms with E-state index in [9.17, 15) is 13.6 Å². The van der Waals surface area contributed by atoms with Crippen molar-refractivity contribution in [2.45, 2.75) is 12.0 Å². The summed E-state index contributed by atoms with van der Waals surface area (Å²) in [4.78, 5) is 11.1. The number of hydrogen-bond acceptors (Lipinski definition) is 4. The Morgan fingerprint density at radius 3 is 2.33 bits per heavy atom. The molecule has 0 saturated heterocycles. The highest BCUT2D eigenvalue weighted by atomic mass is 35.5. The van der Waals surface area contributed by atoms with Crippen LogP contribution in [0.4, 0.5) is 8.78 Å². The molecule has 18 heavy (non-hydrogen) atoms. The van der Waals surface area contributed by atoms with Gasteiger partial charge < -0.3 is 15.6 Å². The minimum absolute atomic E-state index is 0. The molecule has 3 N–H and O–H groups in total. The summed E-state index contributed by atoms with van der Waals surface area (Å²) < 4.78 is 30.6. The zero-order valence-electron chi connectivity index (χ0n) is 9.60. The van der Waals surface area contributed by atoms with Gasteiger partial charge in [0, 0.05) is 0 Å². The summed E-state index contributed by atoms with van der Waals surface area (Å²) in [6, 6.07) is 3.68. The molecule has 0 spiro atoms. The van der Waals surface area contributed by atoms with E-state index < -0.39 is 24.5 Å². The van der Waals surface area contributed by atoms with E-state index in [0.717, 1.165) is 0 Å². The molecule has 0 amide bonds. The van der Waals surface area contributed by atoms with Crippen LogP contribution in [-0.2, 0) is 4.74 Å². The maximum atomic E-state index is 13.1. The third-order valence-corrected chi connectivity index (χ3v) is 2.36. The molecule has 0 saturated carbocycles. The molecule has 0 bridgehead atoms. The topological polar surface area (TPSA) is 72.5 Å². The van der Waals surface area contributed by atoms with Gasteiger partial charge in [-0.25, -0.2) is 13.6 Å². The number of alkyl halides is 2. The van der Waals surface area contributed by atoms with Gasteiger partial charge in [-0.2, -0.15) is 0 Å². The lowest BCUT2D eigenvalue weighted by molar-refractivity contribution is -0.0711. The molecule has 1 aromatic carbocycles. The molecule has 0 aliphatic heterocycles. The first-order valence-electron chi connectivity index (χ1n) is 4.85. The van der Waals surface area contributed by atoms with Crippen molar-refractivity contribution in [2.75, 3.05) is 13.7 Å². The minimum atomic E-state index is -3.40. The van der Waals surface area contributed by atoms with E-state index >= 15 is 0 Å². The quantitative estimate of drug-likeness (QED) is 0.821. The molecule has 0 aliphatic rings. The van der Waals surface area contributed by atoms with Crippen LogP contribution in [-0.4, -0.2) is 30.7 Å². The van der Waals surface area contributed by atoms with Crippen LogP contribution in [0.1, 0.15) is 22.0 Å². The van der Waals surface area contributed by atoms with Crippen molar-refractivity contribution in [3.8, 4) is 0 Å². The van der Waals surface area contributed by atoms with Gasteiger partial charge in [0.1, 0.15) is 6.61 Å². The van der Waals surface area contributed by atoms with E-state index in [1.54, 1.807) is 0 Å². The second-order valence-corrected chi connectivity index (χ2v) is 3.51. The van der Waals surface area contributed by atoms with Gasteiger partial charge in [0.05, 0.1) is 18.7 Å². The van der Waals surface area contributed by atoms with Gasteiger partial charge >= 0.3 is 5.97 Å². The summed E-state index contributed by atoms with van der Waals surface area (Å²) in [6.45, 7) is -1.33. The van der Waals surface area contributed by atoms with Crippen molar-refractivity contribution in [3.63, 3.8) is 0 Å². The number of halogens is 3. The molecule has 1 aromatic rings. The van der Waals surface area contributed by atoms with Crippen molar-refractivity contribution in [3.05, 3.63) is 35.4 Å². The SMILES string of the molecule is COC(=O)c1ccc([C@H](N)C(F)(F)CO)cc1.Cl. The van der Waals surface area contributed by atoms with Crippen LogP contribution < -0.4 is 5.73 Å². The maximum absolute atomic E-state index is 13.1. The standard InChI is InChI=1S/C11H13F2NO3.ClH/c1-17-10(16)8-4-2-7(3-5-8)9(14)11(12,13)6-15;/h2-5,9,15H,6,14H2,1H3;1H/t9-;/m0./s1. The number of benzene rings is 1. The first-order chi connectivity index (χ1) is 7.92. The molecule has 7 heteroatoms. The molecule has 1 atom stereocenters. The fraction of sp³-hybridized carbons (Fsp3) is 0.364. The van der Waals surface area contributed by atoms with Crippen molar-refractivity contribution in [2.24, 2.45) is 5.73 Å². The molecule has 0 aromatic heterocycles. The zero-order valence-corrected chi connectivity index (χ0v) is 10.4. The van der Waals surface area contributed by atoms with E-state index in [-0.39, 0.29) is 23.5 Å². The van der Waals surface area contributed by atoms with E-state index in [1.165, 1.54) is 31.4 Å². The summed E-state index contributed by atoms with van der Waals surface area (Å²) in [5.41, 5.74) is 5.70. The fourth-order valence-electron chi connectivity index (χ4n) is 1.29. The monoisotopic (exact) mass is 281 g/mol. The molecule has 0 aliphatic carbocycles. The summed E-state index contributed by atoms with van der Waals surface area (Å²) in [6.07, 6.45) is 0. The minimum Gasteiger partial charge on any atom is -0.465 e. The van der Waals surface area contributed by atoms with Gasteiger partial charge in [-0.1, -0.05) is 12.1 Å². The Hall–Kier alpha value is -1.24. The Kier molecular flexibility index (Phi) is 6.17. The highest BCUT2D eigenvalue weighted by molar-refractivity contribution is 5.89. The summed E-state index contributed by atoms with van der Waals surface area (Å²) in [7, 11) is 1.22. The number of methoxy groups -OCH3 is 1.